The summed E-state index contributed by atoms with van der Waals surface area (Å²) < 4.78 is 1.14. The van der Waals surface area contributed by atoms with Crippen LogP contribution in [0.1, 0.15) is 24.8 Å². The predicted molar refractivity (Wildman–Crippen MR) is 92.7 cm³/mol. The number of halogens is 1. The molecule has 0 N–H and O–H groups in total. The number of benzene rings is 2. The van der Waals surface area contributed by atoms with E-state index in [1.807, 2.05) is 0 Å². The molecule has 0 aromatic heterocycles. The fourth-order valence-corrected chi connectivity index (χ4v) is 4.14. The van der Waals surface area contributed by atoms with Crippen molar-refractivity contribution in [1.29, 1.82) is 0 Å². The smallest absolute Gasteiger partial charge is 0.0668 e. The summed E-state index contributed by atoms with van der Waals surface area (Å²) in [6.07, 6.45) is 4.80. The average molecular weight is 343 g/mol. The highest BCUT2D eigenvalue weighted by molar-refractivity contribution is 9.10. The highest BCUT2D eigenvalue weighted by atomic mass is 79.9. The topological polar surface area (TPSA) is 15.6 Å². The highest BCUT2D eigenvalue weighted by Gasteiger charge is 2.28. The number of fused-ring (bicyclic) bond motifs is 3. The van der Waals surface area contributed by atoms with Crippen molar-refractivity contribution < 1.29 is 0 Å². The van der Waals surface area contributed by atoms with Crippen molar-refractivity contribution in [2.45, 2.75) is 31.7 Å². The van der Waals surface area contributed by atoms with Crippen molar-refractivity contribution in [2.24, 2.45) is 4.99 Å². The van der Waals surface area contributed by atoms with Crippen LogP contribution in [0.3, 0.4) is 0 Å². The second-order valence-corrected chi connectivity index (χ2v) is 7.09. The molecule has 2 aromatic carbocycles. The number of hydrogen-bond donors (Lipinski definition) is 0. The number of nitrogens with zero attached hydrogens (tertiary/aromatic N) is 2. The molecule has 2 aliphatic heterocycles. The Balaban J connectivity index is 1.79. The molecule has 2 heterocycles. The Morgan fingerprint density at radius 3 is 2.90 bits per heavy atom. The molecule has 1 fully saturated rings. The predicted octanol–water partition coefficient (Wildman–Crippen LogP) is 4.72. The molecule has 0 bridgehead atoms. The fourth-order valence-electron chi connectivity index (χ4n) is 3.76. The molecule has 3 heteroatoms. The van der Waals surface area contributed by atoms with Crippen LogP contribution in [0, 0.1) is 0 Å². The lowest BCUT2D eigenvalue weighted by molar-refractivity contribution is 0.369. The molecule has 2 aliphatic rings. The summed E-state index contributed by atoms with van der Waals surface area (Å²) in [4.78, 5) is 7.47. The summed E-state index contributed by atoms with van der Waals surface area (Å²) >= 11 is 3.56. The van der Waals surface area contributed by atoms with Gasteiger partial charge in [-0.1, -0.05) is 28.1 Å². The second kappa shape index (κ2) is 5.22. The molecular weight excluding hydrogens is 324 g/mol. The van der Waals surface area contributed by atoms with E-state index < -0.39 is 0 Å². The van der Waals surface area contributed by atoms with Gasteiger partial charge in [0.1, 0.15) is 0 Å². The van der Waals surface area contributed by atoms with Gasteiger partial charge in [-0.15, -0.1) is 0 Å². The fraction of sp³-hybridized carbons (Fsp3) is 0.389. The normalized spacial score (nSPS) is 22.4. The third-order valence-corrected chi connectivity index (χ3v) is 5.36. The summed E-state index contributed by atoms with van der Waals surface area (Å²) in [6.45, 7) is 1.21. The molecule has 0 amide bonds. The van der Waals surface area contributed by atoms with Gasteiger partial charge in [-0.05, 0) is 73.8 Å². The number of aryl methyl sites for hydroxylation is 1. The van der Waals surface area contributed by atoms with E-state index in [0.29, 0.717) is 6.04 Å². The molecule has 21 heavy (non-hydrogen) atoms. The number of rotatable bonds is 1. The van der Waals surface area contributed by atoms with Gasteiger partial charge < -0.3 is 0 Å². The minimum Gasteiger partial charge on any atom is -0.298 e. The maximum absolute atomic E-state index is 5.01. The van der Waals surface area contributed by atoms with Gasteiger partial charge in [-0.3, -0.25) is 9.89 Å². The third kappa shape index (κ3) is 2.33. The third-order valence-electron chi connectivity index (χ3n) is 4.87. The zero-order valence-electron chi connectivity index (χ0n) is 12.3. The molecule has 2 aromatic rings. The SMILES string of the molecule is CN1CCC[C@H]1C1=Nc2ccc3cc(Br)ccc3c2CC1. The van der Waals surface area contributed by atoms with Crippen molar-refractivity contribution >= 4 is 38.1 Å². The molecule has 0 saturated carbocycles. The van der Waals surface area contributed by atoms with E-state index in [4.69, 9.17) is 4.99 Å². The number of likely N-dealkylation sites (tertiary alicyclic amines) is 1. The highest BCUT2D eigenvalue weighted by Crippen LogP contribution is 2.35. The summed E-state index contributed by atoms with van der Waals surface area (Å²) in [5, 5.41) is 2.66. The molecule has 0 spiro atoms. The van der Waals surface area contributed by atoms with Crippen molar-refractivity contribution in [2.75, 3.05) is 13.6 Å². The van der Waals surface area contributed by atoms with Gasteiger partial charge in [-0.2, -0.15) is 0 Å². The maximum atomic E-state index is 5.01. The molecule has 2 nitrogen and oxygen atoms in total. The molecule has 0 radical (unpaired) electrons. The van der Waals surface area contributed by atoms with Crippen LogP contribution in [0.2, 0.25) is 0 Å². The Morgan fingerprint density at radius 1 is 1.19 bits per heavy atom. The molecule has 108 valence electrons. The molecule has 0 unspecified atom stereocenters. The van der Waals surface area contributed by atoms with E-state index in [1.54, 1.807) is 0 Å². The Bertz CT molecular complexity index is 735. The van der Waals surface area contributed by atoms with E-state index in [2.05, 4.69) is 58.2 Å². The monoisotopic (exact) mass is 342 g/mol. The Labute approximate surface area is 134 Å². The van der Waals surface area contributed by atoms with E-state index in [-0.39, 0.29) is 0 Å². The second-order valence-electron chi connectivity index (χ2n) is 6.17. The zero-order valence-corrected chi connectivity index (χ0v) is 13.9. The first-order valence-corrected chi connectivity index (χ1v) is 8.50. The Kier molecular flexibility index (Phi) is 3.35. The summed E-state index contributed by atoms with van der Waals surface area (Å²) in [5.74, 6) is 0. The van der Waals surface area contributed by atoms with Gasteiger partial charge in [0.15, 0.2) is 0 Å². The quantitative estimate of drug-likeness (QED) is 0.732. The van der Waals surface area contributed by atoms with Crippen LogP contribution < -0.4 is 0 Å². The first kappa shape index (κ1) is 13.5. The van der Waals surface area contributed by atoms with Gasteiger partial charge >= 0.3 is 0 Å². The standard InChI is InChI=1S/C18H19BrN2/c1-21-10-2-3-18(21)17-9-7-15-14-6-5-13(19)11-12(14)4-8-16(15)20-17/h4-6,8,11,18H,2-3,7,9-10H2,1H3/t18-/m0/s1. The molecule has 4 rings (SSSR count). The van der Waals surface area contributed by atoms with Gasteiger partial charge in [0.25, 0.3) is 0 Å². The van der Waals surface area contributed by atoms with Gasteiger partial charge in [0, 0.05) is 16.2 Å². The summed E-state index contributed by atoms with van der Waals surface area (Å²) in [7, 11) is 2.23. The lowest BCUT2D eigenvalue weighted by atomic mass is 9.93. The first-order valence-electron chi connectivity index (χ1n) is 7.71. The van der Waals surface area contributed by atoms with E-state index >= 15 is 0 Å². The average Bonchev–Trinajstić information content (AvgIpc) is 2.92. The van der Waals surface area contributed by atoms with Crippen molar-refractivity contribution in [1.82, 2.24) is 4.90 Å². The minimum atomic E-state index is 0.568. The van der Waals surface area contributed by atoms with Crippen LogP contribution in [0.15, 0.2) is 39.8 Å². The van der Waals surface area contributed by atoms with Gasteiger partial charge in [0.05, 0.1) is 5.69 Å². The van der Waals surface area contributed by atoms with E-state index in [1.165, 1.54) is 47.1 Å². The van der Waals surface area contributed by atoms with Gasteiger partial charge in [-0.25, -0.2) is 0 Å². The van der Waals surface area contributed by atoms with Crippen molar-refractivity contribution in [3.63, 3.8) is 0 Å². The zero-order chi connectivity index (χ0) is 14.4. The summed E-state index contributed by atoms with van der Waals surface area (Å²) in [5.41, 5.74) is 4.00. The molecule has 0 aliphatic carbocycles. The number of aliphatic imine (C=N–C) groups is 1. The van der Waals surface area contributed by atoms with Crippen LogP contribution in [0.5, 0.6) is 0 Å². The maximum Gasteiger partial charge on any atom is 0.0668 e. The lowest BCUT2D eigenvalue weighted by Crippen LogP contribution is -2.33. The van der Waals surface area contributed by atoms with E-state index in [0.717, 1.165) is 17.3 Å². The van der Waals surface area contributed by atoms with Crippen LogP contribution in [-0.2, 0) is 6.42 Å². The Morgan fingerprint density at radius 2 is 2.10 bits per heavy atom. The molecule has 1 saturated heterocycles. The van der Waals surface area contributed by atoms with E-state index in [9.17, 15) is 0 Å². The lowest BCUT2D eigenvalue weighted by Gasteiger charge is -2.25. The van der Waals surface area contributed by atoms with Crippen LogP contribution in [0.25, 0.3) is 10.8 Å². The van der Waals surface area contributed by atoms with Crippen LogP contribution in [0.4, 0.5) is 5.69 Å². The van der Waals surface area contributed by atoms with Crippen LogP contribution in [-0.4, -0.2) is 30.2 Å². The van der Waals surface area contributed by atoms with Crippen molar-refractivity contribution in [3.05, 3.63) is 40.4 Å². The number of hydrogen-bond acceptors (Lipinski definition) is 2. The van der Waals surface area contributed by atoms with Crippen LogP contribution >= 0.6 is 15.9 Å². The van der Waals surface area contributed by atoms with Crippen molar-refractivity contribution in [3.8, 4) is 0 Å². The van der Waals surface area contributed by atoms with Gasteiger partial charge in [0.2, 0.25) is 0 Å². The largest absolute Gasteiger partial charge is 0.298 e. The first-order chi connectivity index (χ1) is 10.2. The molecular formula is C18H19BrN2. The Hall–Kier alpha value is -1.19. The minimum absolute atomic E-state index is 0.568. The summed E-state index contributed by atoms with van der Waals surface area (Å²) in [6, 6.07) is 11.5. The molecule has 1 atom stereocenters.